The minimum atomic E-state index is -0.581. The lowest BCUT2D eigenvalue weighted by Gasteiger charge is -2.36. The van der Waals surface area contributed by atoms with Crippen molar-refractivity contribution in [3.05, 3.63) is 30.0 Å². The molecule has 1 aromatic heterocycles. The second-order valence-electron chi connectivity index (χ2n) is 7.39. The fraction of sp³-hybridized carbons (Fsp3) is 0.550. The van der Waals surface area contributed by atoms with Crippen LogP contribution >= 0.6 is 0 Å². The van der Waals surface area contributed by atoms with Crippen molar-refractivity contribution in [2.45, 2.75) is 51.0 Å². The summed E-state index contributed by atoms with van der Waals surface area (Å²) in [5, 5.41) is 11.9. The van der Waals surface area contributed by atoms with E-state index < -0.39 is 5.91 Å². The largest absolute Gasteiger partial charge is 0.366 e. The van der Waals surface area contributed by atoms with Gasteiger partial charge in [-0.05, 0) is 49.5 Å². The first kappa shape index (κ1) is 19.4. The number of carbonyl (C=O) groups excluding carboxylic acids is 2. The van der Waals surface area contributed by atoms with Gasteiger partial charge in [-0.15, -0.1) is 0 Å². The molecule has 0 spiro atoms. The van der Waals surface area contributed by atoms with Gasteiger partial charge in [0.05, 0.1) is 0 Å². The average molecular weight is 372 g/mol. The molecule has 2 amide bonds. The Morgan fingerprint density at radius 2 is 1.96 bits per heavy atom. The van der Waals surface area contributed by atoms with E-state index in [1.807, 2.05) is 17.0 Å². The van der Waals surface area contributed by atoms with E-state index in [-0.39, 0.29) is 12.0 Å². The molecule has 1 saturated carbocycles. The third kappa shape index (κ3) is 5.53. The van der Waals surface area contributed by atoms with Gasteiger partial charge in [-0.1, -0.05) is 19.3 Å². The monoisotopic (exact) mass is 372 g/mol. The zero-order chi connectivity index (χ0) is 19.1. The third-order valence-electron chi connectivity index (χ3n) is 5.36. The molecule has 1 aromatic rings. The van der Waals surface area contributed by atoms with Gasteiger partial charge in [-0.2, -0.15) is 0 Å². The maximum atomic E-state index is 12.8. The second-order valence-corrected chi connectivity index (χ2v) is 7.39. The highest BCUT2D eigenvalue weighted by Gasteiger charge is 2.29. The molecule has 1 saturated heterocycles. The zero-order valence-electron chi connectivity index (χ0n) is 15.6. The number of pyridine rings is 1. The molecule has 3 rings (SSSR count). The van der Waals surface area contributed by atoms with Crippen LogP contribution in [0.2, 0.25) is 0 Å². The molecule has 27 heavy (non-hydrogen) atoms. The first-order chi connectivity index (χ1) is 13.2. The molecule has 2 aliphatic rings. The molecule has 2 heterocycles. The first-order valence-electron chi connectivity index (χ1n) is 9.79. The molecular weight excluding hydrogens is 344 g/mol. The van der Waals surface area contributed by atoms with Gasteiger partial charge in [-0.25, -0.2) is 10.5 Å². The van der Waals surface area contributed by atoms with E-state index in [1.54, 1.807) is 17.8 Å². The summed E-state index contributed by atoms with van der Waals surface area (Å²) in [7, 11) is 0. The molecule has 3 N–H and O–H groups in total. The number of anilines is 1. The quantitative estimate of drug-likeness (QED) is 0.420. The number of hydrogen-bond acceptors (Lipinski definition) is 5. The van der Waals surface area contributed by atoms with E-state index >= 15 is 0 Å². The summed E-state index contributed by atoms with van der Waals surface area (Å²) in [6, 6.07) is 3.92. The Morgan fingerprint density at radius 3 is 2.67 bits per heavy atom. The number of nitrogens with one attached hydrogen (secondary N) is 2. The predicted octanol–water partition coefficient (Wildman–Crippen LogP) is 2.58. The molecule has 1 aliphatic carbocycles. The Labute approximate surface area is 159 Å². The van der Waals surface area contributed by atoms with Crippen molar-refractivity contribution in [1.82, 2.24) is 15.4 Å². The van der Waals surface area contributed by atoms with Gasteiger partial charge in [0, 0.05) is 37.3 Å². The van der Waals surface area contributed by atoms with Crippen molar-refractivity contribution in [1.29, 1.82) is 0 Å². The number of hydroxylamine groups is 1. The molecule has 0 bridgehead atoms. The maximum Gasteiger partial charge on any atom is 0.267 e. The van der Waals surface area contributed by atoms with E-state index in [0.29, 0.717) is 5.91 Å². The lowest BCUT2D eigenvalue weighted by atomic mass is 9.87. The van der Waals surface area contributed by atoms with Crippen LogP contribution < -0.4 is 10.8 Å². The second kappa shape index (κ2) is 9.50. The van der Waals surface area contributed by atoms with Crippen LogP contribution in [0.4, 0.5) is 5.82 Å². The van der Waals surface area contributed by atoms with Crippen LogP contribution in [-0.4, -0.2) is 46.0 Å². The van der Waals surface area contributed by atoms with Gasteiger partial charge in [0.1, 0.15) is 5.82 Å². The highest BCUT2D eigenvalue weighted by atomic mass is 16.5. The number of piperidine rings is 1. The number of aromatic nitrogens is 1. The van der Waals surface area contributed by atoms with Crippen LogP contribution in [-0.2, 0) is 9.59 Å². The van der Waals surface area contributed by atoms with Crippen LogP contribution in [0.25, 0.3) is 6.08 Å². The number of likely N-dealkylation sites (tertiary alicyclic amines) is 1. The fourth-order valence-corrected chi connectivity index (χ4v) is 3.91. The summed E-state index contributed by atoms with van der Waals surface area (Å²) in [4.78, 5) is 30.2. The van der Waals surface area contributed by atoms with Crippen molar-refractivity contribution >= 4 is 23.7 Å². The van der Waals surface area contributed by atoms with E-state index in [0.717, 1.165) is 50.2 Å². The van der Waals surface area contributed by atoms with Crippen LogP contribution in [0.5, 0.6) is 0 Å². The molecule has 7 heteroatoms. The van der Waals surface area contributed by atoms with E-state index in [4.69, 9.17) is 5.21 Å². The molecule has 146 valence electrons. The topological polar surface area (TPSA) is 94.6 Å². The van der Waals surface area contributed by atoms with Gasteiger partial charge in [0.25, 0.3) is 5.91 Å². The molecule has 1 aliphatic heterocycles. The summed E-state index contributed by atoms with van der Waals surface area (Å²) in [5.41, 5.74) is 2.31. The molecular formula is C20H28N4O3. The minimum Gasteiger partial charge on any atom is -0.366 e. The predicted molar refractivity (Wildman–Crippen MR) is 103 cm³/mol. The molecule has 0 aromatic carbocycles. The van der Waals surface area contributed by atoms with Gasteiger partial charge in [0.2, 0.25) is 5.91 Å². The van der Waals surface area contributed by atoms with E-state index in [1.165, 1.54) is 25.3 Å². The normalized spacial score (nSPS) is 21.2. The molecule has 0 unspecified atom stereocenters. The Balaban J connectivity index is 1.53. The zero-order valence-corrected chi connectivity index (χ0v) is 15.6. The highest BCUT2D eigenvalue weighted by Crippen LogP contribution is 2.27. The maximum absolute atomic E-state index is 12.8. The lowest BCUT2D eigenvalue weighted by Crippen LogP contribution is -2.47. The summed E-state index contributed by atoms with van der Waals surface area (Å²) < 4.78 is 0. The molecule has 1 atom stereocenters. The fourth-order valence-electron chi connectivity index (χ4n) is 3.91. The smallest absolute Gasteiger partial charge is 0.267 e. The molecule has 0 radical (unpaired) electrons. The van der Waals surface area contributed by atoms with Crippen LogP contribution in [0, 0.1) is 5.92 Å². The number of amides is 2. The lowest BCUT2D eigenvalue weighted by molar-refractivity contribution is -0.137. The van der Waals surface area contributed by atoms with Crippen LogP contribution in [0.3, 0.4) is 0 Å². The summed E-state index contributed by atoms with van der Waals surface area (Å²) >= 11 is 0. The number of hydrogen-bond donors (Lipinski definition) is 3. The van der Waals surface area contributed by atoms with Gasteiger partial charge < -0.3 is 10.2 Å². The van der Waals surface area contributed by atoms with Gasteiger partial charge in [0.15, 0.2) is 0 Å². The molecule has 2 fully saturated rings. The first-order valence-corrected chi connectivity index (χ1v) is 9.79. The minimum absolute atomic E-state index is 0.209. The Morgan fingerprint density at radius 1 is 1.15 bits per heavy atom. The number of carbonyl (C=O) groups is 2. The van der Waals surface area contributed by atoms with Gasteiger partial charge >= 0.3 is 0 Å². The van der Waals surface area contributed by atoms with Crippen LogP contribution in [0.1, 0.15) is 50.5 Å². The standard InChI is InChI=1S/C20H28N4O3/c25-19(23-27)11-9-15-8-10-18(21-13-15)22-17-7-4-12-24(14-17)20(26)16-5-2-1-3-6-16/h8-11,13,16-17,27H,1-7,12,14H2,(H,21,22)(H,23,25)/t17-/m1/s1. The summed E-state index contributed by atoms with van der Waals surface area (Å²) in [6.07, 6.45) is 12.2. The Bertz CT molecular complexity index is 668. The Kier molecular flexibility index (Phi) is 6.81. The third-order valence-corrected chi connectivity index (χ3v) is 5.36. The van der Waals surface area contributed by atoms with Crippen molar-refractivity contribution in [3.8, 4) is 0 Å². The van der Waals surface area contributed by atoms with Crippen molar-refractivity contribution in [2.75, 3.05) is 18.4 Å². The van der Waals surface area contributed by atoms with Crippen LogP contribution in [0.15, 0.2) is 24.4 Å². The molecule has 7 nitrogen and oxygen atoms in total. The van der Waals surface area contributed by atoms with Crippen molar-refractivity contribution in [3.63, 3.8) is 0 Å². The van der Waals surface area contributed by atoms with Gasteiger partial charge in [-0.3, -0.25) is 14.8 Å². The highest BCUT2D eigenvalue weighted by molar-refractivity contribution is 5.90. The number of nitrogens with zero attached hydrogens (tertiary/aromatic N) is 2. The summed E-state index contributed by atoms with van der Waals surface area (Å²) in [5.74, 6) is 0.729. The van der Waals surface area contributed by atoms with Crippen molar-refractivity contribution in [2.24, 2.45) is 5.92 Å². The van der Waals surface area contributed by atoms with Crippen molar-refractivity contribution < 1.29 is 14.8 Å². The van der Waals surface area contributed by atoms with E-state index in [9.17, 15) is 9.59 Å². The average Bonchev–Trinajstić information content (AvgIpc) is 2.73. The summed E-state index contributed by atoms with van der Waals surface area (Å²) in [6.45, 7) is 1.59. The number of rotatable bonds is 5. The Hall–Kier alpha value is -2.41. The SMILES string of the molecule is O=C(C=Cc1ccc(N[C@@H]2CCCN(C(=O)C3CCCCC3)C2)nc1)NO. The van der Waals surface area contributed by atoms with E-state index in [2.05, 4.69) is 10.3 Å².